The maximum Gasteiger partial charge on any atom is 0.337 e. The molecule has 8 atom stereocenters. The molecule has 0 spiro atoms. The zero-order valence-electron chi connectivity index (χ0n) is 24.2. The number of carbonyl (C=O) groups is 1. The Morgan fingerprint density at radius 2 is 1.57 bits per heavy atom. The second kappa shape index (κ2) is 8.20. The van der Waals surface area contributed by atoms with E-state index in [9.17, 15) is 4.79 Å². The summed E-state index contributed by atoms with van der Waals surface area (Å²) in [5.41, 5.74) is 11.8. The molecule has 202 valence electrons. The number of fused-ring (bicyclic) bond motifs is 7. The Labute approximate surface area is 225 Å². The first-order valence-corrected chi connectivity index (χ1v) is 15.1. The van der Waals surface area contributed by atoms with Crippen LogP contribution in [0, 0.1) is 45.3 Å². The van der Waals surface area contributed by atoms with Crippen LogP contribution in [0.15, 0.2) is 30.3 Å². The van der Waals surface area contributed by atoms with Crippen molar-refractivity contribution < 1.29 is 9.53 Å². The van der Waals surface area contributed by atoms with Crippen LogP contribution in [0.5, 0.6) is 0 Å². The minimum absolute atomic E-state index is 0.100. The third kappa shape index (κ3) is 3.31. The number of rotatable bonds is 2. The second-order valence-electron chi connectivity index (χ2n) is 15.0. The van der Waals surface area contributed by atoms with Gasteiger partial charge < -0.3 is 10.5 Å². The largest absolute Gasteiger partial charge is 0.465 e. The van der Waals surface area contributed by atoms with Crippen molar-refractivity contribution >= 4 is 11.5 Å². The predicted octanol–water partition coefficient (Wildman–Crippen LogP) is 8.03. The van der Waals surface area contributed by atoms with Gasteiger partial charge in [0.25, 0.3) is 0 Å². The third-order valence-electron chi connectivity index (χ3n) is 13.6. The van der Waals surface area contributed by atoms with Crippen molar-refractivity contribution in [1.82, 2.24) is 0 Å². The molecule has 3 unspecified atom stereocenters. The molecule has 1 aromatic carbocycles. The van der Waals surface area contributed by atoms with Gasteiger partial charge in [-0.3, -0.25) is 0 Å². The van der Waals surface area contributed by atoms with E-state index in [4.69, 9.17) is 10.5 Å². The van der Waals surface area contributed by atoms with Crippen LogP contribution in [0.2, 0.25) is 0 Å². The number of carbonyl (C=O) groups excluding carboxylic acids is 1. The fourth-order valence-electron chi connectivity index (χ4n) is 11.6. The lowest BCUT2D eigenvalue weighted by molar-refractivity contribution is -0.215. The zero-order chi connectivity index (χ0) is 26.4. The molecule has 3 heteroatoms. The number of allylic oxidation sites excluding steroid dienone is 2. The van der Waals surface area contributed by atoms with Crippen LogP contribution in [0.3, 0.4) is 0 Å². The topological polar surface area (TPSA) is 52.3 Å². The summed E-state index contributed by atoms with van der Waals surface area (Å²) in [6, 6.07) is 8.11. The molecule has 0 saturated heterocycles. The number of hydrogen-bond acceptors (Lipinski definition) is 3. The minimum Gasteiger partial charge on any atom is -0.465 e. The quantitative estimate of drug-likeness (QED) is 0.416. The van der Waals surface area contributed by atoms with Gasteiger partial charge in [0, 0.05) is 5.54 Å². The van der Waals surface area contributed by atoms with Crippen molar-refractivity contribution in [2.75, 3.05) is 7.11 Å². The summed E-state index contributed by atoms with van der Waals surface area (Å²) in [6.45, 7) is 13.1. The fraction of sp³-hybridized carbons (Fsp3) is 0.735. The van der Waals surface area contributed by atoms with Gasteiger partial charge in [0.1, 0.15) is 0 Å². The Hall–Kier alpha value is -1.61. The number of methoxy groups -OCH3 is 1. The summed E-state index contributed by atoms with van der Waals surface area (Å²) in [7, 11) is 1.45. The number of benzene rings is 1. The Kier molecular flexibility index (Phi) is 5.68. The monoisotopic (exact) mass is 503 g/mol. The smallest absolute Gasteiger partial charge is 0.337 e. The highest BCUT2D eigenvalue weighted by Crippen LogP contribution is 2.75. The number of ether oxygens (including phenoxy) is 1. The van der Waals surface area contributed by atoms with E-state index >= 15 is 0 Å². The van der Waals surface area contributed by atoms with E-state index < -0.39 is 0 Å². The van der Waals surface area contributed by atoms with Crippen molar-refractivity contribution in [2.45, 2.75) is 104 Å². The van der Waals surface area contributed by atoms with Crippen LogP contribution in [-0.4, -0.2) is 18.6 Å². The van der Waals surface area contributed by atoms with Gasteiger partial charge in [-0.2, -0.15) is 0 Å². The van der Waals surface area contributed by atoms with Gasteiger partial charge in [-0.25, -0.2) is 4.79 Å². The van der Waals surface area contributed by atoms with Crippen LogP contribution in [-0.2, 0) is 4.74 Å². The van der Waals surface area contributed by atoms with E-state index in [-0.39, 0.29) is 16.9 Å². The normalized spacial score (nSPS) is 46.1. The zero-order valence-corrected chi connectivity index (χ0v) is 24.2. The van der Waals surface area contributed by atoms with Crippen LogP contribution in [0.4, 0.5) is 0 Å². The molecule has 4 saturated carbocycles. The first kappa shape index (κ1) is 25.7. The van der Waals surface area contributed by atoms with E-state index in [1.54, 1.807) is 0 Å². The fourth-order valence-corrected chi connectivity index (χ4v) is 11.6. The van der Waals surface area contributed by atoms with Gasteiger partial charge in [-0.15, -0.1) is 0 Å². The van der Waals surface area contributed by atoms with E-state index in [0.717, 1.165) is 17.8 Å². The molecular weight excluding hydrogens is 454 g/mol. The predicted molar refractivity (Wildman–Crippen MR) is 151 cm³/mol. The van der Waals surface area contributed by atoms with Gasteiger partial charge in [0.15, 0.2) is 0 Å². The molecule has 0 aromatic heterocycles. The Balaban J connectivity index is 1.34. The molecule has 0 bridgehead atoms. The molecule has 2 N–H and O–H groups in total. The number of esters is 1. The lowest BCUT2D eigenvalue weighted by Crippen LogP contribution is -2.66. The molecule has 4 fully saturated rings. The average Bonchev–Trinajstić information content (AvgIpc) is 3.26. The molecule has 1 aromatic rings. The van der Waals surface area contributed by atoms with Gasteiger partial charge in [-0.05, 0) is 126 Å². The highest BCUT2D eigenvalue weighted by atomic mass is 16.5. The highest BCUT2D eigenvalue weighted by Gasteiger charge is 2.69. The summed E-state index contributed by atoms with van der Waals surface area (Å²) >= 11 is 0. The Morgan fingerprint density at radius 1 is 0.838 bits per heavy atom. The third-order valence-corrected chi connectivity index (χ3v) is 13.6. The van der Waals surface area contributed by atoms with E-state index in [1.807, 2.05) is 12.1 Å². The van der Waals surface area contributed by atoms with E-state index in [0.29, 0.717) is 27.7 Å². The van der Waals surface area contributed by atoms with Gasteiger partial charge in [-0.1, -0.05) is 59.2 Å². The van der Waals surface area contributed by atoms with Crippen molar-refractivity contribution in [3.05, 3.63) is 41.5 Å². The summed E-state index contributed by atoms with van der Waals surface area (Å²) in [5, 5.41) is 0. The molecule has 0 amide bonds. The molecule has 6 rings (SSSR count). The molecule has 3 nitrogen and oxygen atoms in total. The first-order valence-electron chi connectivity index (χ1n) is 15.1. The average molecular weight is 504 g/mol. The summed E-state index contributed by atoms with van der Waals surface area (Å²) in [6.07, 6.45) is 15.7. The van der Waals surface area contributed by atoms with Crippen molar-refractivity contribution in [3.8, 4) is 0 Å². The second-order valence-corrected chi connectivity index (χ2v) is 15.0. The molecule has 5 aliphatic rings. The van der Waals surface area contributed by atoms with Crippen molar-refractivity contribution in [2.24, 2.45) is 51.1 Å². The highest BCUT2D eigenvalue weighted by molar-refractivity contribution is 5.89. The minimum atomic E-state index is -0.265. The lowest BCUT2D eigenvalue weighted by Gasteiger charge is -2.72. The van der Waals surface area contributed by atoms with E-state index in [2.05, 4.69) is 52.8 Å². The summed E-state index contributed by atoms with van der Waals surface area (Å²) < 4.78 is 4.92. The first-order chi connectivity index (χ1) is 17.4. The van der Waals surface area contributed by atoms with Crippen LogP contribution < -0.4 is 5.73 Å². The van der Waals surface area contributed by atoms with Crippen molar-refractivity contribution in [1.29, 1.82) is 0 Å². The van der Waals surface area contributed by atoms with Crippen LogP contribution in [0.25, 0.3) is 5.57 Å². The summed E-state index contributed by atoms with van der Waals surface area (Å²) in [4.78, 5) is 12.0. The number of hydrogen-bond donors (Lipinski definition) is 1. The molecule has 5 aliphatic carbocycles. The maximum absolute atomic E-state index is 12.0. The molecule has 0 aliphatic heterocycles. The lowest BCUT2D eigenvalue weighted by atomic mass is 9.33. The number of nitrogens with two attached hydrogens (primary N) is 1. The van der Waals surface area contributed by atoms with Crippen molar-refractivity contribution in [3.63, 3.8) is 0 Å². The van der Waals surface area contributed by atoms with Gasteiger partial charge in [0.2, 0.25) is 0 Å². The van der Waals surface area contributed by atoms with Gasteiger partial charge >= 0.3 is 5.97 Å². The summed E-state index contributed by atoms with van der Waals surface area (Å²) in [5.74, 6) is 2.73. The Morgan fingerprint density at radius 3 is 2.27 bits per heavy atom. The maximum atomic E-state index is 12.0. The molecule has 0 heterocycles. The van der Waals surface area contributed by atoms with E-state index in [1.165, 1.54) is 82.5 Å². The standard InChI is InChI=1S/C34H49NO2/c1-30(2)24(22-9-11-23(12-10-22)29(36)37-6)15-18-31(3)27(30)16-19-33(5)28(31)14-13-25-26-8-7-17-34(26,35)21-20-32(25,33)4/h9-12,15,25-28H,7-8,13-14,16-21,35H2,1-6H3/t25-,26?,27?,28?,31+,32-,33-,34+/m1/s1. The Bertz CT molecular complexity index is 1120. The van der Waals surface area contributed by atoms with Gasteiger partial charge in [0.05, 0.1) is 12.7 Å². The molecule has 0 radical (unpaired) electrons. The molecular formula is C34H49NO2. The molecule has 37 heavy (non-hydrogen) atoms. The van der Waals surface area contributed by atoms with Crippen LogP contribution in [0.1, 0.15) is 115 Å². The van der Waals surface area contributed by atoms with Crippen LogP contribution >= 0.6 is 0 Å². The SMILES string of the molecule is COC(=O)c1ccc(C2=CC[C@@]3(C)C(CC[C@]4(C)C3CC[C@@H]3C5CCC[C@]5(N)CC[C@]34C)C2(C)C)cc1.